The van der Waals surface area contributed by atoms with Crippen LogP contribution in [-0.2, 0) is 0 Å². The minimum Gasteiger partial charge on any atom is -0.490 e. The molecular formula is C15H23NO. The summed E-state index contributed by atoms with van der Waals surface area (Å²) in [6.07, 6.45) is 2.62. The molecule has 1 aliphatic heterocycles. The molecule has 0 aliphatic carbocycles. The van der Waals surface area contributed by atoms with Gasteiger partial charge in [-0.05, 0) is 56.0 Å². The van der Waals surface area contributed by atoms with Crippen molar-refractivity contribution in [3.05, 3.63) is 29.3 Å². The zero-order valence-corrected chi connectivity index (χ0v) is 11.1. The number of hydrogen-bond acceptors (Lipinski definition) is 2. The maximum Gasteiger partial charge on any atom is 0.123 e. The van der Waals surface area contributed by atoms with Gasteiger partial charge in [0.05, 0.1) is 0 Å². The lowest BCUT2D eigenvalue weighted by Crippen LogP contribution is -2.34. The van der Waals surface area contributed by atoms with E-state index in [-0.39, 0.29) is 0 Å². The molecule has 17 heavy (non-hydrogen) atoms. The molecule has 0 atom stereocenters. The standard InChI is InChI=1S/C15H23NO/c1-11(2)14-5-4-12(3)10-15(14)17-13-6-8-16-9-7-13/h4-5,10-11,13,16H,6-9H2,1-3H3. The molecule has 1 aromatic carbocycles. The summed E-state index contributed by atoms with van der Waals surface area (Å²) in [7, 11) is 0. The van der Waals surface area contributed by atoms with Gasteiger partial charge in [-0.15, -0.1) is 0 Å². The van der Waals surface area contributed by atoms with Crippen molar-refractivity contribution in [1.82, 2.24) is 5.32 Å². The van der Waals surface area contributed by atoms with E-state index in [1.807, 2.05) is 0 Å². The van der Waals surface area contributed by atoms with Crippen LogP contribution in [0.3, 0.4) is 0 Å². The van der Waals surface area contributed by atoms with Crippen LogP contribution in [0.25, 0.3) is 0 Å². The SMILES string of the molecule is Cc1ccc(C(C)C)c(OC2CCNCC2)c1. The van der Waals surface area contributed by atoms with Crippen molar-refractivity contribution in [1.29, 1.82) is 0 Å². The first-order chi connectivity index (χ1) is 8.16. The van der Waals surface area contributed by atoms with Crippen LogP contribution in [0.1, 0.15) is 43.7 Å². The third kappa shape index (κ3) is 3.22. The fourth-order valence-corrected chi connectivity index (χ4v) is 2.31. The predicted octanol–water partition coefficient (Wildman–Crippen LogP) is 3.25. The number of rotatable bonds is 3. The van der Waals surface area contributed by atoms with Crippen LogP contribution in [0.15, 0.2) is 18.2 Å². The van der Waals surface area contributed by atoms with Crippen molar-refractivity contribution < 1.29 is 4.74 Å². The monoisotopic (exact) mass is 233 g/mol. The zero-order valence-electron chi connectivity index (χ0n) is 11.1. The van der Waals surface area contributed by atoms with Crippen molar-refractivity contribution in [2.75, 3.05) is 13.1 Å². The first-order valence-corrected chi connectivity index (χ1v) is 6.64. The van der Waals surface area contributed by atoms with E-state index >= 15 is 0 Å². The summed E-state index contributed by atoms with van der Waals surface area (Å²) >= 11 is 0. The van der Waals surface area contributed by atoms with Gasteiger partial charge in [0.15, 0.2) is 0 Å². The van der Waals surface area contributed by atoms with Crippen LogP contribution in [0.2, 0.25) is 0 Å². The molecule has 0 radical (unpaired) electrons. The summed E-state index contributed by atoms with van der Waals surface area (Å²) in [5.41, 5.74) is 2.60. The van der Waals surface area contributed by atoms with E-state index in [1.165, 1.54) is 11.1 Å². The number of nitrogens with one attached hydrogen (secondary N) is 1. The normalized spacial score (nSPS) is 17.4. The van der Waals surface area contributed by atoms with Crippen LogP contribution < -0.4 is 10.1 Å². The topological polar surface area (TPSA) is 21.3 Å². The Bertz CT molecular complexity index is 367. The van der Waals surface area contributed by atoms with Crippen molar-refractivity contribution in [2.45, 2.75) is 45.6 Å². The number of piperidine rings is 1. The molecule has 1 heterocycles. The van der Waals surface area contributed by atoms with Gasteiger partial charge in [0.1, 0.15) is 11.9 Å². The van der Waals surface area contributed by atoms with Crippen molar-refractivity contribution in [3.63, 3.8) is 0 Å². The molecule has 1 saturated heterocycles. The third-order valence-electron chi connectivity index (χ3n) is 3.37. The molecule has 1 aromatic rings. The summed E-state index contributed by atoms with van der Waals surface area (Å²) in [6, 6.07) is 6.55. The van der Waals surface area contributed by atoms with Crippen LogP contribution in [0, 0.1) is 6.92 Å². The van der Waals surface area contributed by atoms with Gasteiger partial charge in [-0.2, -0.15) is 0 Å². The van der Waals surface area contributed by atoms with Crippen molar-refractivity contribution in [3.8, 4) is 5.75 Å². The Morgan fingerprint density at radius 1 is 1.24 bits per heavy atom. The first-order valence-electron chi connectivity index (χ1n) is 6.64. The Labute approximate surface area is 104 Å². The Morgan fingerprint density at radius 2 is 1.94 bits per heavy atom. The van der Waals surface area contributed by atoms with E-state index in [4.69, 9.17) is 4.74 Å². The quantitative estimate of drug-likeness (QED) is 0.865. The summed E-state index contributed by atoms with van der Waals surface area (Å²) in [5, 5.41) is 3.37. The molecule has 0 aromatic heterocycles. The van der Waals surface area contributed by atoms with E-state index in [1.54, 1.807) is 0 Å². The average Bonchev–Trinajstić information content (AvgIpc) is 2.30. The highest BCUT2D eigenvalue weighted by atomic mass is 16.5. The molecule has 0 saturated carbocycles. The van der Waals surface area contributed by atoms with Crippen LogP contribution >= 0.6 is 0 Å². The van der Waals surface area contributed by atoms with Gasteiger partial charge in [0, 0.05) is 0 Å². The third-order valence-corrected chi connectivity index (χ3v) is 3.37. The van der Waals surface area contributed by atoms with Gasteiger partial charge in [0.25, 0.3) is 0 Å². The number of hydrogen-bond donors (Lipinski definition) is 1. The summed E-state index contributed by atoms with van der Waals surface area (Å²) in [4.78, 5) is 0. The number of ether oxygens (including phenoxy) is 1. The maximum atomic E-state index is 6.19. The van der Waals surface area contributed by atoms with Gasteiger partial charge < -0.3 is 10.1 Å². The molecule has 94 valence electrons. The second-order valence-corrected chi connectivity index (χ2v) is 5.26. The van der Waals surface area contributed by atoms with Gasteiger partial charge in [-0.3, -0.25) is 0 Å². The molecule has 1 fully saturated rings. The van der Waals surface area contributed by atoms with E-state index in [9.17, 15) is 0 Å². The highest BCUT2D eigenvalue weighted by Gasteiger charge is 2.17. The smallest absolute Gasteiger partial charge is 0.123 e. The van der Waals surface area contributed by atoms with E-state index in [2.05, 4.69) is 44.3 Å². The minimum atomic E-state index is 0.385. The molecule has 2 nitrogen and oxygen atoms in total. The van der Waals surface area contributed by atoms with E-state index < -0.39 is 0 Å². The lowest BCUT2D eigenvalue weighted by atomic mass is 10.00. The van der Waals surface area contributed by atoms with Crippen LogP contribution in [-0.4, -0.2) is 19.2 Å². The van der Waals surface area contributed by atoms with Crippen molar-refractivity contribution in [2.24, 2.45) is 0 Å². The molecule has 0 unspecified atom stereocenters. The fourth-order valence-electron chi connectivity index (χ4n) is 2.31. The largest absolute Gasteiger partial charge is 0.490 e. The minimum absolute atomic E-state index is 0.385. The summed E-state index contributed by atoms with van der Waals surface area (Å²) in [5.74, 6) is 1.61. The maximum absolute atomic E-state index is 6.19. The fraction of sp³-hybridized carbons (Fsp3) is 0.600. The highest BCUT2D eigenvalue weighted by Crippen LogP contribution is 2.29. The first kappa shape index (κ1) is 12.4. The molecular weight excluding hydrogens is 210 g/mol. The van der Waals surface area contributed by atoms with E-state index in [0.717, 1.165) is 31.7 Å². The van der Waals surface area contributed by atoms with Gasteiger partial charge >= 0.3 is 0 Å². The average molecular weight is 233 g/mol. The molecule has 0 spiro atoms. The molecule has 2 heteroatoms. The lowest BCUT2D eigenvalue weighted by Gasteiger charge is -2.26. The zero-order chi connectivity index (χ0) is 12.3. The van der Waals surface area contributed by atoms with Gasteiger partial charge in [0.2, 0.25) is 0 Å². The Morgan fingerprint density at radius 3 is 2.59 bits per heavy atom. The molecule has 0 bridgehead atoms. The molecule has 1 aliphatic rings. The Hall–Kier alpha value is -1.02. The predicted molar refractivity (Wildman–Crippen MR) is 71.8 cm³/mol. The van der Waals surface area contributed by atoms with Crippen LogP contribution in [0.5, 0.6) is 5.75 Å². The lowest BCUT2D eigenvalue weighted by molar-refractivity contribution is 0.160. The highest BCUT2D eigenvalue weighted by molar-refractivity contribution is 5.39. The van der Waals surface area contributed by atoms with Crippen LogP contribution in [0.4, 0.5) is 0 Å². The van der Waals surface area contributed by atoms with Gasteiger partial charge in [-0.1, -0.05) is 26.0 Å². The molecule has 1 N–H and O–H groups in total. The number of aryl methyl sites for hydroxylation is 1. The van der Waals surface area contributed by atoms with E-state index in [0.29, 0.717) is 12.0 Å². The number of benzene rings is 1. The molecule has 0 amide bonds. The van der Waals surface area contributed by atoms with Gasteiger partial charge in [-0.25, -0.2) is 0 Å². The molecule has 2 rings (SSSR count). The summed E-state index contributed by atoms with van der Waals surface area (Å²) < 4.78 is 6.19. The summed E-state index contributed by atoms with van der Waals surface area (Å²) in [6.45, 7) is 8.72. The second-order valence-electron chi connectivity index (χ2n) is 5.26. The Balaban J connectivity index is 2.14. The van der Waals surface area contributed by atoms with Crippen molar-refractivity contribution >= 4 is 0 Å². The Kier molecular flexibility index (Phi) is 4.06. The second kappa shape index (κ2) is 5.54.